The Balaban J connectivity index is 1.68. The molecule has 2 amide bonds. The number of aliphatic hydroxyl groups excluding tert-OH is 2. The summed E-state index contributed by atoms with van der Waals surface area (Å²) >= 11 is 0. The number of fused-ring (bicyclic) bond motifs is 1. The van der Waals surface area contributed by atoms with Crippen LogP contribution in [0.4, 0.5) is 0 Å². The van der Waals surface area contributed by atoms with E-state index in [1.54, 1.807) is 24.3 Å². The average molecular weight is 413 g/mol. The molecule has 8 heteroatoms. The van der Waals surface area contributed by atoms with E-state index in [9.17, 15) is 19.8 Å². The van der Waals surface area contributed by atoms with Crippen molar-refractivity contribution in [3.8, 4) is 0 Å². The number of imide groups is 1. The second-order valence-corrected chi connectivity index (χ2v) is 7.23. The third-order valence-electron chi connectivity index (χ3n) is 5.46. The van der Waals surface area contributed by atoms with Gasteiger partial charge in [0.2, 0.25) is 0 Å². The molecule has 0 spiro atoms. The Morgan fingerprint density at radius 1 is 1.00 bits per heavy atom. The van der Waals surface area contributed by atoms with E-state index in [0.717, 1.165) is 10.5 Å². The maximum Gasteiger partial charge on any atom is 0.262 e. The van der Waals surface area contributed by atoms with Gasteiger partial charge in [-0.2, -0.15) is 0 Å². The summed E-state index contributed by atoms with van der Waals surface area (Å²) in [5, 5.41) is 20.5. The predicted molar refractivity (Wildman–Crippen MR) is 105 cm³/mol. The molecule has 4 rings (SSSR count). The molecule has 0 saturated carbocycles. The Labute approximate surface area is 173 Å². The molecule has 0 aromatic heterocycles. The minimum Gasteiger partial charge on any atom is -0.394 e. The maximum atomic E-state index is 13.1. The fraction of sp³-hybridized carbons (Fsp3) is 0.364. The zero-order valence-electron chi connectivity index (χ0n) is 16.4. The summed E-state index contributed by atoms with van der Waals surface area (Å²) in [7, 11) is 1.37. The number of nitrogens with zero attached hydrogens (tertiary/aromatic N) is 1. The van der Waals surface area contributed by atoms with Crippen LogP contribution < -0.4 is 0 Å². The molecule has 2 aliphatic rings. The number of ether oxygens (including phenoxy) is 3. The molecule has 2 aromatic rings. The number of hydrogen-bond acceptors (Lipinski definition) is 7. The quantitative estimate of drug-likeness (QED) is 0.680. The normalized spacial score (nSPS) is 28.6. The predicted octanol–water partition coefficient (Wildman–Crippen LogP) is 0.961. The number of aliphatic hydroxyl groups is 2. The topological polar surface area (TPSA) is 106 Å². The molecular formula is C22H23NO7. The first-order chi connectivity index (χ1) is 14.6. The third kappa shape index (κ3) is 3.53. The number of rotatable bonds is 6. The standard InChI is InChI=1S/C22H23NO7/c1-28-22-17(23-20(26)14-9-5-6-10-15(14)21(23)27)19(18(25)16(11-24)30-22)29-12-13-7-3-2-4-8-13/h2-10,16-19,22,24-25H,11-12H2,1H3/t16-,17+,18-,19-,22+/m1/s1. The first-order valence-electron chi connectivity index (χ1n) is 9.66. The Morgan fingerprint density at radius 2 is 1.60 bits per heavy atom. The molecule has 158 valence electrons. The van der Waals surface area contributed by atoms with E-state index in [1.807, 2.05) is 30.3 Å². The lowest BCUT2D eigenvalue weighted by Crippen LogP contribution is -2.66. The second kappa shape index (κ2) is 8.63. The van der Waals surface area contributed by atoms with Crippen molar-refractivity contribution in [2.45, 2.75) is 37.3 Å². The van der Waals surface area contributed by atoms with Crippen molar-refractivity contribution in [1.29, 1.82) is 0 Å². The van der Waals surface area contributed by atoms with Gasteiger partial charge in [-0.25, -0.2) is 0 Å². The summed E-state index contributed by atoms with van der Waals surface area (Å²) in [5.41, 5.74) is 1.41. The third-order valence-corrected chi connectivity index (χ3v) is 5.46. The van der Waals surface area contributed by atoms with Gasteiger partial charge in [0, 0.05) is 7.11 Å². The van der Waals surface area contributed by atoms with Crippen LogP contribution in [-0.2, 0) is 20.8 Å². The van der Waals surface area contributed by atoms with E-state index < -0.39 is 49.1 Å². The molecule has 2 aliphatic heterocycles. The van der Waals surface area contributed by atoms with Crippen molar-refractivity contribution in [3.05, 3.63) is 71.3 Å². The minimum atomic E-state index is -1.28. The van der Waals surface area contributed by atoms with Crippen LogP contribution in [-0.4, -0.2) is 71.3 Å². The van der Waals surface area contributed by atoms with Crippen molar-refractivity contribution < 1.29 is 34.0 Å². The maximum absolute atomic E-state index is 13.1. The van der Waals surface area contributed by atoms with Crippen LogP contribution in [0.5, 0.6) is 0 Å². The van der Waals surface area contributed by atoms with E-state index in [1.165, 1.54) is 7.11 Å². The van der Waals surface area contributed by atoms with Gasteiger partial charge in [0.1, 0.15) is 24.4 Å². The number of amides is 2. The number of carbonyl (C=O) groups is 2. The molecule has 5 atom stereocenters. The minimum absolute atomic E-state index is 0.136. The zero-order chi connectivity index (χ0) is 21.3. The van der Waals surface area contributed by atoms with Crippen molar-refractivity contribution >= 4 is 11.8 Å². The smallest absolute Gasteiger partial charge is 0.262 e. The zero-order valence-corrected chi connectivity index (χ0v) is 16.4. The summed E-state index contributed by atoms with van der Waals surface area (Å²) in [6, 6.07) is 14.8. The van der Waals surface area contributed by atoms with Gasteiger partial charge >= 0.3 is 0 Å². The highest BCUT2D eigenvalue weighted by molar-refractivity contribution is 6.21. The first kappa shape index (κ1) is 20.6. The summed E-state index contributed by atoms with van der Waals surface area (Å²) in [5.74, 6) is -1.01. The van der Waals surface area contributed by atoms with Crippen LogP contribution in [0, 0.1) is 0 Å². The lowest BCUT2D eigenvalue weighted by atomic mass is 9.95. The van der Waals surface area contributed by atoms with E-state index in [4.69, 9.17) is 14.2 Å². The van der Waals surface area contributed by atoms with Crippen molar-refractivity contribution in [1.82, 2.24) is 4.90 Å². The monoisotopic (exact) mass is 413 g/mol. The Hall–Kier alpha value is -2.62. The Kier molecular flexibility index (Phi) is 5.94. The highest BCUT2D eigenvalue weighted by atomic mass is 16.7. The van der Waals surface area contributed by atoms with Gasteiger partial charge in [-0.15, -0.1) is 0 Å². The summed E-state index contributed by atoms with van der Waals surface area (Å²) in [6.45, 7) is -0.335. The number of carbonyl (C=O) groups excluding carboxylic acids is 2. The lowest BCUT2D eigenvalue weighted by molar-refractivity contribution is -0.281. The van der Waals surface area contributed by atoms with Gasteiger partial charge in [0.15, 0.2) is 6.29 Å². The molecule has 2 heterocycles. The van der Waals surface area contributed by atoms with Gasteiger partial charge in [0.05, 0.1) is 24.3 Å². The molecule has 1 saturated heterocycles. The van der Waals surface area contributed by atoms with Crippen LogP contribution in [0.25, 0.3) is 0 Å². The van der Waals surface area contributed by atoms with E-state index in [-0.39, 0.29) is 17.7 Å². The van der Waals surface area contributed by atoms with Gasteiger partial charge in [-0.3, -0.25) is 14.5 Å². The highest BCUT2D eigenvalue weighted by Gasteiger charge is 2.54. The molecule has 30 heavy (non-hydrogen) atoms. The number of methoxy groups -OCH3 is 1. The lowest BCUT2D eigenvalue weighted by Gasteiger charge is -2.46. The van der Waals surface area contributed by atoms with Crippen LogP contribution in [0.1, 0.15) is 26.3 Å². The largest absolute Gasteiger partial charge is 0.394 e. The fourth-order valence-electron chi connectivity index (χ4n) is 3.96. The molecule has 1 fully saturated rings. The molecule has 2 aromatic carbocycles. The van der Waals surface area contributed by atoms with E-state index in [0.29, 0.717) is 0 Å². The highest BCUT2D eigenvalue weighted by Crippen LogP contribution is 2.34. The van der Waals surface area contributed by atoms with Crippen molar-refractivity contribution in [2.24, 2.45) is 0 Å². The van der Waals surface area contributed by atoms with Gasteiger partial charge in [-0.05, 0) is 17.7 Å². The molecule has 8 nitrogen and oxygen atoms in total. The van der Waals surface area contributed by atoms with Crippen LogP contribution in [0.3, 0.4) is 0 Å². The van der Waals surface area contributed by atoms with Gasteiger partial charge in [0.25, 0.3) is 11.8 Å². The van der Waals surface area contributed by atoms with Gasteiger partial charge < -0.3 is 24.4 Å². The summed E-state index contributed by atoms with van der Waals surface area (Å²) in [4.78, 5) is 27.1. The van der Waals surface area contributed by atoms with Crippen LogP contribution in [0.2, 0.25) is 0 Å². The fourth-order valence-corrected chi connectivity index (χ4v) is 3.96. The number of benzene rings is 2. The van der Waals surface area contributed by atoms with Crippen LogP contribution in [0.15, 0.2) is 54.6 Å². The number of hydrogen-bond donors (Lipinski definition) is 2. The molecule has 0 bridgehead atoms. The molecule has 0 unspecified atom stereocenters. The molecule has 2 N–H and O–H groups in total. The second-order valence-electron chi connectivity index (χ2n) is 7.23. The van der Waals surface area contributed by atoms with E-state index >= 15 is 0 Å². The molecule has 0 radical (unpaired) electrons. The van der Waals surface area contributed by atoms with E-state index in [2.05, 4.69) is 0 Å². The SMILES string of the molecule is CO[C@H]1O[C@H](CO)[C@@H](O)[C@H](OCc2ccccc2)[C@@H]1N1C(=O)c2ccccc2C1=O. The molecule has 0 aliphatic carbocycles. The average Bonchev–Trinajstić information content (AvgIpc) is 3.03. The summed E-state index contributed by atoms with van der Waals surface area (Å²) in [6.07, 6.45) is -4.36. The Morgan fingerprint density at radius 3 is 2.17 bits per heavy atom. The summed E-state index contributed by atoms with van der Waals surface area (Å²) < 4.78 is 17.1. The van der Waals surface area contributed by atoms with Gasteiger partial charge in [-0.1, -0.05) is 42.5 Å². The Bertz CT molecular complexity index is 884. The van der Waals surface area contributed by atoms with Crippen LogP contribution >= 0.6 is 0 Å². The van der Waals surface area contributed by atoms with Crippen molar-refractivity contribution in [3.63, 3.8) is 0 Å². The molecular weight excluding hydrogens is 390 g/mol. The van der Waals surface area contributed by atoms with Crippen molar-refractivity contribution in [2.75, 3.05) is 13.7 Å². The first-order valence-corrected chi connectivity index (χ1v) is 9.66.